The van der Waals surface area contributed by atoms with Gasteiger partial charge in [-0.25, -0.2) is 0 Å². The summed E-state index contributed by atoms with van der Waals surface area (Å²) in [4.78, 5) is 7.18. The van der Waals surface area contributed by atoms with E-state index in [1.54, 1.807) is 6.20 Å². The van der Waals surface area contributed by atoms with Gasteiger partial charge in [-0.3, -0.25) is 4.98 Å². The standard InChI is InChI=1S/C7H4BrClN2/c8-7-2-5-6(11-7)1-4(9)3-10-5/h1-3,11H. The van der Waals surface area contributed by atoms with Crippen molar-refractivity contribution in [2.45, 2.75) is 0 Å². The topological polar surface area (TPSA) is 28.7 Å². The van der Waals surface area contributed by atoms with Gasteiger partial charge in [-0.15, -0.1) is 0 Å². The third-order valence-corrected chi connectivity index (χ3v) is 2.04. The molecule has 0 bridgehead atoms. The second-order valence-corrected chi connectivity index (χ2v) is 3.49. The molecule has 0 atom stereocenters. The van der Waals surface area contributed by atoms with E-state index in [0.29, 0.717) is 5.02 Å². The van der Waals surface area contributed by atoms with Crippen LogP contribution in [-0.2, 0) is 0 Å². The maximum Gasteiger partial charge on any atom is 0.0891 e. The molecule has 2 aromatic rings. The first-order chi connectivity index (χ1) is 5.25. The minimum absolute atomic E-state index is 0.645. The highest BCUT2D eigenvalue weighted by molar-refractivity contribution is 9.10. The van der Waals surface area contributed by atoms with Crippen LogP contribution in [0.5, 0.6) is 0 Å². The number of pyridine rings is 1. The lowest BCUT2D eigenvalue weighted by Gasteiger charge is -1.87. The predicted molar refractivity (Wildman–Crippen MR) is 48.8 cm³/mol. The lowest BCUT2D eigenvalue weighted by atomic mass is 10.4. The molecule has 0 spiro atoms. The third kappa shape index (κ3) is 1.26. The van der Waals surface area contributed by atoms with Crippen molar-refractivity contribution in [3.8, 4) is 0 Å². The molecule has 1 N–H and O–H groups in total. The van der Waals surface area contributed by atoms with Crippen LogP contribution in [0, 0.1) is 0 Å². The van der Waals surface area contributed by atoms with Gasteiger partial charge in [0, 0.05) is 6.20 Å². The van der Waals surface area contributed by atoms with Gasteiger partial charge in [0.25, 0.3) is 0 Å². The summed E-state index contributed by atoms with van der Waals surface area (Å²) in [5.74, 6) is 0. The van der Waals surface area contributed by atoms with Crippen molar-refractivity contribution in [1.29, 1.82) is 0 Å². The molecule has 56 valence electrons. The van der Waals surface area contributed by atoms with Crippen molar-refractivity contribution in [1.82, 2.24) is 9.97 Å². The molecular weight excluding hydrogens is 227 g/mol. The number of aromatic amines is 1. The lowest BCUT2D eigenvalue weighted by Crippen LogP contribution is -1.72. The fraction of sp³-hybridized carbons (Fsp3) is 0. The van der Waals surface area contributed by atoms with E-state index in [0.717, 1.165) is 15.6 Å². The van der Waals surface area contributed by atoms with Crippen molar-refractivity contribution in [2.75, 3.05) is 0 Å². The van der Waals surface area contributed by atoms with Crippen molar-refractivity contribution in [3.63, 3.8) is 0 Å². The maximum atomic E-state index is 5.73. The first-order valence-corrected chi connectivity index (χ1v) is 4.22. The zero-order valence-electron chi connectivity index (χ0n) is 5.44. The van der Waals surface area contributed by atoms with Crippen molar-refractivity contribution in [2.24, 2.45) is 0 Å². The first-order valence-electron chi connectivity index (χ1n) is 3.05. The Bertz CT molecular complexity index is 396. The quantitative estimate of drug-likeness (QED) is 0.742. The van der Waals surface area contributed by atoms with Gasteiger partial charge in [-0.2, -0.15) is 0 Å². The zero-order valence-corrected chi connectivity index (χ0v) is 7.78. The van der Waals surface area contributed by atoms with Crippen LogP contribution >= 0.6 is 27.5 Å². The lowest BCUT2D eigenvalue weighted by molar-refractivity contribution is 1.39. The van der Waals surface area contributed by atoms with Gasteiger partial charge in [0.1, 0.15) is 0 Å². The second kappa shape index (κ2) is 2.50. The van der Waals surface area contributed by atoms with Gasteiger partial charge in [0.2, 0.25) is 0 Å². The van der Waals surface area contributed by atoms with Crippen LogP contribution in [0.2, 0.25) is 5.02 Å². The normalized spacial score (nSPS) is 10.7. The van der Waals surface area contributed by atoms with Crippen LogP contribution in [0.1, 0.15) is 0 Å². The Labute approximate surface area is 76.7 Å². The van der Waals surface area contributed by atoms with Gasteiger partial charge in [-0.05, 0) is 28.1 Å². The van der Waals surface area contributed by atoms with Crippen molar-refractivity contribution < 1.29 is 0 Å². The van der Waals surface area contributed by atoms with Crippen LogP contribution in [0.15, 0.2) is 22.9 Å². The van der Waals surface area contributed by atoms with Gasteiger partial charge < -0.3 is 4.98 Å². The Morgan fingerprint density at radius 3 is 3.09 bits per heavy atom. The smallest absolute Gasteiger partial charge is 0.0891 e. The fourth-order valence-corrected chi connectivity index (χ4v) is 1.54. The molecule has 2 heterocycles. The van der Waals surface area contributed by atoms with Crippen LogP contribution < -0.4 is 0 Å². The Hall–Kier alpha value is -0.540. The molecular formula is C7H4BrClN2. The molecule has 0 saturated heterocycles. The highest BCUT2D eigenvalue weighted by atomic mass is 79.9. The van der Waals surface area contributed by atoms with E-state index in [9.17, 15) is 0 Å². The SMILES string of the molecule is Clc1cnc2cc(Br)[nH]c2c1. The summed E-state index contributed by atoms with van der Waals surface area (Å²) in [5.41, 5.74) is 1.87. The van der Waals surface area contributed by atoms with Crippen molar-refractivity contribution in [3.05, 3.63) is 28.0 Å². The summed E-state index contributed by atoms with van der Waals surface area (Å²) in [5, 5.41) is 0.645. The zero-order chi connectivity index (χ0) is 7.84. The number of nitrogens with one attached hydrogen (secondary N) is 1. The van der Waals surface area contributed by atoms with E-state index in [-0.39, 0.29) is 0 Å². The highest BCUT2D eigenvalue weighted by Crippen LogP contribution is 2.19. The molecule has 0 amide bonds. The van der Waals surface area contributed by atoms with Crippen LogP contribution in [-0.4, -0.2) is 9.97 Å². The summed E-state index contributed by atoms with van der Waals surface area (Å²) in [7, 11) is 0. The number of nitrogens with zero attached hydrogens (tertiary/aromatic N) is 1. The molecule has 0 aliphatic rings. The summed E-state index contributed by atoms with van der Waals surface area (Å²) in [6.07, 6.45) is 1.63. The number of fused-ring (bicyclic) bond motifs is 1. The summed E-state index contributed by atoms with van der Waals surface area (Å²) in [6.45, 7) is 0. The minimum Gasteiger partial charge on any atom is -0.348 e. The van der Waals surface area contributed by atoms with Crippen molar-refractivity contribution >= 4 is 38.6 Å². The predicted octanol–water partition coefficient (Wildman–Crippen LogP) is 2.98. The van der Waals surface area contributed by atoms with Gasteiger partial charge in [-0.1, -0.05) is 11.6 Å². The van der Waals surface area contributed by atoms with E-state index >= 15 is 0 Å². The molecule has 0 unspecified atom stereocenters. The highest BCUT2D eigenvalue weighted by Gasteiger charge is 1.98. The first kappa shape index (κ1) is 7.13. The second-order valence-electron chi connectivity index (χ2n) is 2.20. The van der Waals surface area contributed by atoms with Gasteiger partial charge >= 0.3 is 0 Å². The molecule has 2 nitrogen and oxygen atoms in total. The molecule has 0 radical (unpaired) electrons. The molecule has 11 heavy (non-hydrogen) atoms. The molecule has 0 saturated carbocycles. The molecule has 4 heteroatoms. The Kier molecular flexibility index (Phi) is 1.62. The van der Waals surface area contributed by atoms with Gasteiger partial charge in [0.05, 0.1) is 20.7 Å². The maximum absolute atomic E-state index is 5.73. The fourth-order valence-electron chi connectivity index (χ4n) is 0.950. The molecule has 2 rings (SSSR count). The van der Waals surface area contributed by atoms with E-state index < -0.39 is 0 Å². The van der Waals surface area contributed by atoms with E-state index in [1.165, 1.54) is 0 Å². The minimum atomic E-state index is 0.645. The van der Waals surface area contributed by atoms with E-state index in [1.807, 2.05) is 12.1 Å². The molecule has 0 aromatic carbocycles. The van der Waals surface area contributed by atoms with Crippen LogP contribution in [0.4, 0.5) is 0 Å². The molecule has 2 aromatic heterocycles. The van der Waals surface area contributed by atoms with E-state index in [4.69, 9.17) is 11.6 Å². The third-order valence-electron chi connectivity index (χ3n) is 1.40. The number of aromatic nitrogens is 2. The average Bonchev–Trinajstić information content (AvgIpc) is 2.27. The van der Waals surface area contributed by atoms with Crippen LogP contribution in [0.25, 0.3) is 11.0 Å². The number of hydrogen-bond donors (Lipinski definition) is 1. The molecule has 0 aliphatic carbocycles. The Morgan fingerprint density at radius 1 is 1.45 bits per heavy atom. The van der Waals surface area contributed by atoms with Gasteiger partial charge in [0.15, 0.2) is 0 Å². The summed E-state index contributed by atoms with van der Waals surface area (Å²) >= 11 is 9.04. The molecule has 0 fully saturated rings. The number of H-pyrrole nitrogens is 1. The molecule has 0 aliphatic heterocycles. The summed E-state index contributed by atoms with van der Waals surface area (Å²) < 4.78 is 0.919. The van der Waals surface area contributed by atoms with E-state index in [2.05, 4.69) is 25.9 Å². The Balaban J connectivity index is 2.82. The largest absolute Gasteiger partial charge is 0.348 e. The monoisotopic (exact) mass is 230 g/mol. The average molecular weight is 231 g/mol. The number of hydrogen-bond acceptors (Lipinski definition) is 1. The number of rotatable bonds is 0. The van der Waals surface area contributed by atoms with Crippen LogP contribution in [0.3, 0.4) is 0 Å². The summed E-state index contributed by atoms with van der Waals surface area (Å²) in [6, 6.07) is 3.75. The number of halogens is 2. The Morgan fingerprint density at radius 2 is 2.27 bits per heavy atom.